The van der Waals surface area contributed by atoms with Crippen LogP contribution in [0.15, 0.2) is 30.5 Å². The zero-order valence-corrected chi connectivity index (χ0v) is 13.3. The number of hydrogen-bond acceptors (Lipinski definition) is 7. The SMILES string of the molecule is COC(=O)C1CN(c2ccc([N+](=O)[O-])c3cccnc23)C[C@@H](C)O1. The summed E-state index contributed by atoms with van der Waals surface area (Å²) in [5.41, 5.74) is 1.28. The van der Waals surface area contributed by atoms with E-state index in [1.54, 1.807) is 24.4 Å². The minimum Gasteiger partial charge on any atom is -0.467 e. The number of morpholine rings is 1. The number of hydrogen-bond donors (Lipinski definition) is 0. The Morgan fingerprint density at radius 2 is 2.21 bits per heavy atom. The number of methoxy groups -OCH3 is 1. The van der Waals surface area contributed by atoms with Crippen molar-refractivity contribution in [3.63, 3.8) is 0 Å². The van der Waals surface area contributed by atoms with E-state index in [0.29, 0.717) is 24.0 Å². The second-order valence-electron chi connectivity index (χ2n) is 5.62. The number of nitro groups is 1. The van der Waals surface area contributed by atoms with Crippen LogP contribution in [0.2, 0.25) is 0 Å². The molecule has 1 fully saturated rings. The molecule has 3 rings (SSSR count). The first-order valence-electron chi connectivity index (χ1n) is 7.51. The maximum absolute atomic E-state index is 11.8. The van der Waals surface area contributed by atoms with Gasteiger partial charge in [0.2, 0.25) is 0 Å². The zero-order chi connectivity index (χ0) is 17.3. The molecule has 2 atom stereocenters. The largest absolute Gasteiger partial charge is 0.467 e. The number of pyridine rings is 1. The van der Waals surface area contributed by atoms with Crippen molar-refractivity contribution < 1.29 is 19.2 Å². The molecule has 0 amide bonds. The molecule has 0 radical (unpaired) electrons. The van der Waals surface area contributed by atoms with E-state index in [9.17, 15) is 14.9 Å². The topological polar surface area (TPSA) is 94.8 Å². The van der Waals surface area contributed by atoms with Crippen LogP contribution in [0, 0.1) is 10.1 Å². The van der Waals surface area contributed by atoms with Gasteiger partial charge in [-0.3, -0.25) is 15.1 Å². The van der Waals surface area contributed by atoms with Crippen molar-refractivity contribution in [1.29, 1.82) is 0 Å². The standard InChI is InChI=1S/C16H17N3O5/c1-10-8-18(9-14(24-10)16(20)23-2)13-6-5-12(19(21)22)11-4-3-7-17-15(11)13/h3-7,10,14H,8-9H2,1-2H3/t10-,14?/m1/s1. The van der Waals surface area contributed by atoms with Crippen molar-refractivity contribution in [1.82, 2.24) is 4.98 Å². The van der Waals surface area contributed by atoms with Gasteiger partial charge in [-0.25, -0.2) is 4.79 Å². The van der Waals surface area contributed by atoms with Gasteiger partial charge in [0.25, 0.3) is 5.69 Å². The number of carbonyl (C=O) groups is 1. The molecule has 0 aliphatic carbocycles. The van der Waals surface area contributed by atoms with Crippen molar-refractivity contribution in [3.05, 3.63) is 40.6 Å². The summed E-state index contributed by atoms with van der Waals surface area (Å²) in [6.07, 6.45) is 0.710. The van der Waals surface area contributed by atoms with Crippen LogP contribution < -0.4 is 4.90 Å². The van der Waals surface area contributed by atoms with Crippen molar-refractivity contribution in [2.24, 2.45) is 0 Å². The smallest absolute Gasteiger partial charge is 0.336 e. The van der Waals surface area contributed by atoms with E-state index in [1.165, 1.54) is 13.2 Å². The summed E-state index contributed by atoms with van der Waals surface area (Å²) < 4.78 is 10.4. The van der Waals surface area contributed by atoms with Gasteiger partial charge in [-0.1, -0.05) is 0 Å². The molecule has 24 heavy (non-hydrogen) atoms. The first kappa shape index (κ1) is 16.1. The summed E-state index contributed by atoms with van der Waals surface area (Å²) in [5.74, 6) is -0.439. The Labute approximate surface area is 138 Å². The fraction of sp³-hybridized carbons (Fsp3) is 0.375. The van der Waals surface area contributed by atoms with Crippen LogP contribution in [0.4, 0.5) is 11.4 Å². The minimum atomic E-state index is -0.701. The van der Waals surface area contributed by atoms with Gasteiger partial charge in [0.15, 0.2) is 6.10 Å². The Kier molecular flexibility index (Phi) is 4.30. The van der Waals surface area contributed by atoms with Crippen LogP contribution in [-0.2, 0) is 14.3 Å². The van der Waals surface area contributed by atoms with Gasteiger partial charge in [-0.05, 0) is 25.1 Å². The molecular formula is C16H17N3O5. The molecular weight excluding hydrogens is 314 g/mol. The predicted molar refractivity (Wildman–Crippen MR) is 87.0 cm³/mol. The van der Waals surface area contributed by atoms with E-state index < -0.39 is 17.0 Å². The molecule has 2 heterocycles. The third kappa shape index (κ3) is 2.88. The monoisotopic (exact) mass is 331 g/mol. The molecule has 0 bridgehead atoms. The van der Waals surface area contributed by atoms with E-state index in [4.69, 9.17) is 9.47 Å². The van der Waals surface area contributed by atoms with Crippen LogP contribution >= 0.6 is 0 Å². The Balaban J connectivity index is 2.04. The molecule has 2 aromatic rings. The second-order valence-corrected chi connectivity index (χ2v) is 5.62. The number of aromatic nitrogens is 1. The summed E-state index contributed by atoms with van der Waals surface area (Å²) in [4.78, 5) is 28.9. The van der Waals surface area contributed by atoms with Gasteiger partial charge in [-0.2, -0.15) is 0 Å². The van der Waals surface area contributed by atoms with E-state index in [0.717, 1.165) is 5.69 Å². The van der Waals surface area contributed by atoms with Gasteiger partial charge in [-0.15, -0.1) is 0 Å². The van der Waals surface area contributed by atoms with E-state index in [2.05, 4.69) is 4.98 Å². The summed E-state index contributed by atoms with van der Waals surface area (Å²) in [6, 6.07) is 6.47. The highest BCUT2D eigenvalue weighted by molar-refractivity contribution is 5.97. The highest BCUT2D eigenvalue weighted by Crippen LogP contribution is 2.33. The van der Waals surface area contributed by atoms with E-state index >= 15 is 0 Å². The van der Waals surface area contributed by atoms with E-state index in [1.807, 2.05) is 11.8 Å². The maximum atomic E-state index is 11.8. The number of esters is 1. The molecule has 8 nitrogen and oxygen atoms in total. The quantitative estimate of drug-likeness (QED) is 0.481. The summed E-state index contributed by atoms with van der Waals surface area (Å²) in [6.45, 7) is 2.72. The molecule has 1 aromatic heterocycles. The summed E-state index contributed by atoms with van der Waals surface area (Å²) >= 11 is 0. The fourth-order valence-corrected chi connectivity index (χ4v) is 2.97. The Hall–Kier alpha value is -2.74. The average Bonchev–Trinajstić information content (AvgIpc) is 2.59. The van der Waals surface area contributed by atoms with Gasteiger partial charge >= 0.3 is 5.97 Å². The molecule has 0 saturated carbocycles. The highest BCUT2D eigenvalue weighted by Gasteiger charge is 2.32. The fourth-order valence-electron chi connectivity index (χ4n) is 2.97. The molecule has 8 heteroatoms. The Morgan fingerprint density at radius 3 is 2.92 bits per heavy atom. The maximum Gasteiger partial charge on any atom is 0.336 e. The van der Waals surface area contributed by atoms with Gasteiger partial charge in [0.1, 0.15) is 5.52 Å². The molecule has 1 aromatic carbocycles. The lowest BCUT2D eigenvalue weighted by Crippen LogP contribution is -2.50. The number of ether oxygens (including phenoxy) is 2. The second kappa shape index (κ2) is 6.40. The van der Waals surface area contributed by atoms with E-state index in [-0.39, 0.29) is 11.8 Å². The van der Waals surface area contributed by atoms with Crippen molar-refractivity contribution in [2.45, 2.75) is 19.1 Å². The highest BCUT2D eigenvalue weighted by atomic mass is 16.6. The number of fused-ring (bicyclic) bond motifs is 1. The number of nitro benzene ring substituents is 1. The molecule has 1 unspecified atom stereocenters. The van der Waals surface area contributed by atoms with Gasteiger partial charge in [0, 0.05) is 18.8 Å². The molecule has 0 spiro atoms. The molecule has 1 saturated heterocycles. The minimum absolute atomic E-state index is 0.00711. The number of rotatable bonds is 3. The Bertz CT molecular complexity index is 794. The lowest BCUT2D eigenvalue weighted by molar-refractivity contribution is -0.383. The van der Waals surface area contributed by atoms with Crippen molar-refractivity contribution in [2.75, 3.05) is 25.1 Å². The lowest BCUT2D eigenvalue weighted by Gasteiger charge is -2.37. The first-order valence-corrected chi connectivity index (χ1v) is 7.51. The Morgan fingerprint density at radius 1 is 1.42 bits per heavy atom. The number of anilines is 1. The molecule has 126 valence electrons. The normalized spacial score (nSPS) is 20.8. The number of carbonyl (C=O) groups excluding carboxylic acids is 1. The van der Waals surface area contributed by atoms with Gasteiger partial charge in [0.05, 0.1) is 35.8 Å². The summed E-state index contributed by atoms with van der Waals surface area (Å²) in [7, 11) is 1.32. The zero-order valence-electron chi connectivity index (χ0n) is 13.3. The van der Waals surface area contributed by atoms with Crippen LogP contribution in [0.1, 0.15) is 6.92 Å². The first-order chi connectivity index (χ1) is 11.5. The third-order valence-electron chi connectivity index (χ3n) is 3.99. The molecule has 0 N–H and O–H groups in total. The van der Waals surface area contributed by atoms with Crippen LogP contribution in [-0.4, -0.2) is 48.3 Å². The number of benzene rings is 1. The third-order valence-corrected chi connectivity index (χ3v) is 3.99. The summed E-state index contributed by atoms with van der Waals surface area (Å²) in [5, 5.41) is 11.7. The number of nitrogens with zero attached hydrogens (tertiary/aromatic N) is 3. The molecule has 1 aliphatic rings. The van der Waals surface area contributed by atoms with Crippen LogP contribution in [0.3, 0.4) is 0 Å². The van der Waals surface area contributed by atoms with Crippen molar-refractivity contribution in [3.8, 4) is 0 Å². The average molecular weight is 331 g/mol. The lowest BCUT2D eigenvalue weighted by atomic mass is 10.1. The van der Waals surface area contributed by atoms with Crippen molar-refractivity contribution >= 4 is 28.2 Å². The van der Waals surface area contributed by atoms with Crippen LogP contribution in [0.25, 0.3) is 10.9 Å². The van der Waals surface area contributed by atoms with Crippen LogP contribution in [0.5, 0.6) is 0 Å². The van der Waals surface area contributed by atoms with Gasteiger partial charge < -0.3 is 14.4 Å². The molecule has 1 aliphatic heterocycles. The number of non-ortho nitro benzene ring substituents is 1. The predicted octanol–water partition coefficient (Wildman–Crippen LogP) is 1.91.